The quantitative estimate of drug-likeness (QED) is 0.777. The van der Waals surface area contributed by atoms with E-state index in [1.165, 1.54) is 0 Å². The van der Waals surface area contributed by atoms with Gasteiger partial charge in [0.15, 0.2) is 11.5 Å². The maximum Gasteiger partial charge on any atom is 0.415 e. The smallest absolute Gasteiger partial charge is 0.415 e. The number of nitrogens with zero attached hydrogens (tertiary/aromatic N) is 3. The van der Waals surface area contributed by atoms with Crippen LogP contribution >= 0.6 is 0 Å². The Bertz CT molecular complexity index is 843. The lowest BCUT2D eigenvalue weighted by Crippen LogP contribution is -2.37. The highest BCUT2D eigenvalue weighted by Gasteiger charge is 2.37. The molecule has 3 rings (SSSR count). The third kappa shape index (κ3) is 3.95. The lowest BCUT2D eigenvalue weighted by Gasteiger charge is -2.24. The number of methoxy groups -OCH3 is 2. The van der Waals surface area contributed by atoms with E-state index in [0.717, 1.165) is 5.56 Å². The molecule has 0 radical (unpaired) electrons. The topological polar surface area (TPSA) is 85.8 Å². The first-order valence-electron chi connectivity index (χ1n) is 9.22. The standard InChI is InChI=1S/C20H26N4O4/c1-12(2)15-11-28-20(25)24(15)18-8-9-21-19(23-18)22-13(3)14-6-7-16(26-4)17(10-14)27-5/h6-10,12-13,15H,11H2,1-5H3,(H,21,22,23)/t13-,15?/m1/s1. The van der Waals surface area contributed by atoms with Gasteiger partial charge in [-0.3, -0.25) is 4.90 Å². The Balaban J connectivity index is 1.80. The van der Waals surface area contributed by atoms with E-state index in [9.17, 15) is 4.79 Å². The predicted molar refractivity (Wildman–Crippen MR) is 106 cm³/mol. The molecule has 8 nitrogen and oxygen atoms in total. The van der Waals surface area contributed by atoms with Crippen molar-refractivity contribution in [2.24, 2.45) is 5.92 Å². The summed E-state index contributed by atoms with van der Waals surface area (Å²) in [7, 11) is 3.21. The first-order valence-corrected chi connectivity index (χ1v) is 9.22. The van der Waals surface area contributed by atoms with Gasteiger partial charge in [0.25, 0.3) is 0 Å². The maximum absolute atomic E-state index is 12.2. The molecule has 2 atom stereocenters. The van der Waals surface area contributed by atoms with Gasteiger partial charge in [0, 0.05) is 6.20 Å². The first-order chi connectivity index (χ1) is 13.4. The molecule has 28 heavy (non-hydrogen) atoms. The average Bonchev–Trinajstić information content (AvgIpc) is 3.09. The van der Waals surface area contributed by atoms with Crippen LogP contribution in [0, 0.1) is 5.92 Å². The number of cyclic esters (lactones) is 1. The normalized spacial score (nSPS) is 17.4. The Morgan fingerprint density at radius 1 is 1.18 bits per heavy atom. The third-order valence-corrected chi connectivity index (χ3v) is 4.82. The molecule has 0 saturated carbocycles. The van der Waals surface area contributed by atoms with Crippen molar-refractivity contribution in [1.29, 1.82) is 0 Å². The Morgan fingerprint density at radius 3 is 2.61 bits per heavy atom. The third-order valence-electron chi connectivity index (χ3n) is 4.82. The zero-order valence-electron chi connectivity index (χ0n) is 16.8. The molecule has 1 fully saturated rings. The number of hydrogen-bond acceptors (Lipinski definition) is 7. The zero-order chi connectivity index (χ0) is 20.3. The van der Waals surface area contributed by atoms with Crippen molar-refractivity contribution < 1.29 is 19.0 Å². The number of amides is 1. The van der Waals surface area contributed by atoms with Gasteiger partial charge in [-0.25, -0.2) is 9.78 Å². The fourth-order valence-electron chi connectivity index (χ4n) is 3.14. The average molecular weight is 386 g/mol. The van der Waals surface area contributed by atoms with Crippen LogP contribution < -0.4 is 19.7 Å². The van der Waals surface area contributed by atoms with Crippen LogP contribution in [-0.2, 0) is 4.74 Å². The second-order valence-electron chi connectivity index (χ2n) is 6.98. The lowest BCUT2D eigenvalue weighted by atomic mass is 10.0. The van der Waals surface area contributed by atoms with Gasteiger partial charge in [0.1, 0.15) is 12.4 Å². The Labute approximate surface area is 164 Å². The summed E-state index contributed by atoms with van der Waals surface area (Å²) in [6.07, 6.45) is 1.26. The number of carbonyl (C=O) groups excluding carboxylic acids is 1. The highest BCUT2D eigenvalue weighted by molar-refractivity contribution is 5.89. The van der Waals surface area contributed by atoms with Gasteiger partial charge in [0.05, 0.1) is 26.3 Å². The number of nitrogens with one attached hydrogen (secondary N) is 1. The van der Waals surface area contributed by atoms with E-state index in [4.69, 9.17) is 14.2 Å². The molecule has 0 bridgehead atoms. The minimum Gasteiger partial charge on any atom is -0.493 e. The van der Waals surface area contributed by atoms with Crippen LogP contribution in [-0.4, -0.2) is 42.9 Å². The minimum absolute atomic E-state index is 0.0430. The summed E-state index contributed by atoms with van der Waals surface area (Å²) in [4.78, 5) is 22.6. The van der Waals surface area contributed by atoms with Gasteiger partial charge in [-0.2, -0.15) is 4.98 Å². The van der Waals surface area contributed by atoms with Crippen LogP contribution in [0.25, 0.3) is 0 Å². The van der Waals surface area contributed by atoms with Crippen molar-refractivity contribution in [2.45, 2.75) is 32.9 Å². The number of carbonyl (C=O) groups is 1. The van der Waals surface area contributed by atoms with Crippen molar-refractivity contribution in [2.75, 3.05) is 31.0 Å². The molecule has 1 unspecified atom stereocenters. The molecule has 0 aliphatic carbocycles. The molecule has 1 aliphatic heterocycles. The molecule has 1 aromatic heterocycles. The maximum atomic E-state index is 12.2. The summed E-state index contributed by atoms with van der Waals surface area (Å²) in [6, 6.07) is 7.31. The number of anilines is 2. The Kier molecular flexibility index (Phi) is 5.87. The fraction of sp³-hybridized carbons (Fsp3) is 0.450. The second kappa shape index (κ2) is 8.33. The molecule has 2 heterocycles. The fourth-order valence-corrected chi connectivity index (χ4v) is 3.14. The molecular formula is C20H26N4O4. The van der Waals surface area contributed by atoms with Crippen molar-refractivity contribution in [1.82, 2.24) is 9.97 Å². The van der Waals surface area contributed by atoms with Gasteiger partial charge in [0.2, 0.25) is 5.95 Å². The Hall–Kier alpha value is -3.03. The summed E-state index contributed by atoms with van der Waals surface area (Å²) in [5, 5.41) is 3.27. The van der Waals surface area contributed by atoms with Gasteiger partial charge in [-0.1, -0.05) is 19.9 Å². The lowest BCUT2D eigenvalue weighted by molar-refractivity contribution is 0.177. The summed E-state index contributed by atoms with van der Waals surface area (Å²) < 4.78 is 15.9. The molecule has 1 aromatic carbocycles. The second-order valence-corrected chi connectivity index (χ2v) is 6.98. The number of rotatable bonds is 7. The largest absolute Gasteiger partial charge is 0.493 e. The summed E-state index contributed by atoms with van der Waals surface area (Å²) in [6.45, 7) is 6.47. The highest BCUT2D eigenvalue weighted by atomic mass is 16.6. The van der Waals surface area contributed by atoms with Gasteiger partial charge < -0.3 is 19.5 Å². The van der Waals surface area contributed by atoms with Crippen LogP contribution in [0.15, 0.2) is 30.5 Å². The van der Waals surface area contributed by atoms with Crippen LogP contribution in [0.5, 0.6) is 11.5 Å². The number of benzene rings is 1. The van der Waals surface area contributed by atoms with E-state index < -0.39 is 0 Å². The predicted octanol–water partition coefficient (Wildman–Crippen LogP) is 3.65. The van der Waals surface area contributed by atoms with E-state index in [1.54, 1.807) is 31.4 Å². The molecule has 8 heteroatoms. The van der Waals surface area contributed by atoms with Crippen LogP contribution in [0.2, 0.25) is 0 Å². The van der Waals surface area contributed by atoms with E-state index in [1.807, 2.05) is 25.1 Å². The Morgan fingerprint density at radius 2 is 1.93 bits per heavy atom. The molecule has 0 spiro atoms. The van der Waals surface area contributed by atoms with Crippen molar-refractivity contribution >= 4 is 17.9 Å². The van der Waals surface area contributed by atoms with Gasteiger partial charge >= 0.3 is 6.09 Å². The minimum atomic E-state index is -0.378. The molecule has 1 saturated heterocycles. The van der Waals surface area contributed by atoms with E-state index in [-0.39, 0.29) is 24.1 Å². The van der Waals surface area contributed by atoms with Crippen molar-refractivity contribution in [3.8, 4) is 11.5 Å². The van der Waals surface area contributed by atoms with Crippen molar-refractivity contribution in [3.63, 3.8) is 0 Å². The van der Waals surface area contributed by atoms with Crippen LogP contribution in [0.1, 0.15) is 32.4 Å². The molecular weight excluding hydrogens is 360 g/mol. The summed E-state index contributed by atoms with van der Waals surface area (Å²) in [5.74, 6) is 2.54. The van der Waals surface area contributed by atoms with Crippen LogP contribution in [0.4, 0.5) is 16.6 Å². The molecule has 2 aromatic rings. The monoisotopic (exact) mass is 386 g/mol. The zero-order valence-corrected chi connectivity index (χ0v) is 16.8. The molecule has 1 aliphatic rings. The number of aromatic nitrogens is 2. The van der Waals surface area contributed by atoms with E-state index in [0.29, 0.717) is 29.9 Å². The number of hydrogen-bond donors (Lipinski definition) is 1. The highest BCUT2D eigenvalue weighted by Crippen LogP contribution is 2.31. The van der Waals surface area contributed by atoms with Gasteiger partial charge in [-0.15, -0.1) is 0 Å². The van der Waals surface area contributed by atoms with Crippen LogP contribution in [0.3, 0.4) is 0 Å². The van der Waals surface area contributed by atoms with Crippen molar-refractivity contribution in [3.05, 3.63) is 36.0 Å². The molecule has 1 N–H and O–H groups in total. The molecule has 150 valence electrons. The SMILES string of the molecule is COc1ccc([C@@H](C)Nc2nccc(N3C(=O)OCC3C(C)C)n2)cc1OC. The van der Waals surface area contributed by atoms with E-state index >= 15 is 0 Å². The molecule has 1 amide bonds. The summed E-state index contributed by atoms with van der Waals surface area (Å²) >= 11 is 0. The summed E-state index contributed by atoms with van der Waals surface area (Å²) in [5.41, 5.74) is 0.993. The van der Waals surface area contributed by atoms with E-state index in [2.05, 4.69) is 29.1 Å². The van der Waals surface area contributed by atoms with Gasteiger partial charge in [-0.05, 0) is 36.6 Å². The first kappa shape index (κ1) is 19.7. The number of ether oxygens (including phenoxy) is 3.